The van der Waals surface area contributed by atoms with Crippen LogP contribution in [0.3, 0.4) is 0 Å². The van der Waals surface area contributed by atoms with Crippen molar-refractivity contribution in [2.45, 2.75) is 50.2 Å². The number of rotatable bonds is 7. The standard InChI is InChI=1S/C17H24FNO6S/c1-12-7-9-24-13(2)11-19(12)26(22,23)14-5-6-16(15(18)10-14)25-8-3-4-17(20)21/h5-6,10,12-13H,3-4,7-9,11H2,1-2H3,(H,20,21)/t12-,13-/m1/s1. The Balaban J connectivity index is 2.14. The van der Waals surface area contributed by atoms with Crippen molar-refractivity contribution >= 4 is 16.0 Å². The third kappa shape index (κ3) is 5.15. The van der Waals surface area contributed by atoms with Crippen molar-refractivity contribution in [3.8, 4) is 5.75 Å². The van der Waals surface area contributed by atoms with E-state index in [0.29, 0.717) is 13.0 Å². The lowest BCUT2D eigenvalue weighted by Gasteiger charge is -2.27. The predicted octanol–water partition coefficient (Wildman–Crippen LogP) is 2.26. The first kappa shape index (κ1) is 20.6. The van der Waals surface area contributed by atoms with Gasteiger partial charge in [0.05, 0.1) is 17.6 Å². The van der Waals surface area contributed by atoms with E-state index in [1.807, 2.05) is 0 Å². The molecule has 0 spiro atoms. The number of aliphatic carboxylic acids is 1. The van der Waals surface area contributed by atoms with Crippen molar-refractivity contribution < 1.29 is 32.2 Å². The molecule has 0 amide bonds. The van der Waals surface area contributed by atoms with Crippen LogP contribution in [-0.4, -0.2) is 55.7 Å². The van der Waals surface area contributed by atoms with Gasteiger partial charge in [0.2, 0.25) is 10.0 Å². The number of sulfonamides is 1. The number of halogens is 1. The smallest absolute Gasteiger partial charge is 0.303 e. The zero-order valence-corrected chi connectivity index (χ0v) is 15.7. The third-order valence-electron chi connectivity index (χ3n) is 4.17. The molecule has 1 aliphatic heterocycles. The van der Waals surface area contributed by atoms with Crippen LogP contribution in [0.1, 0.15) is 33.1 Å². The normalized spacial score (nSPS) is 22.0. The maximum atomic E-state index is 14.2. The van der Waals surface area contributed by atoms with Gasteiger partial charge in [0.25, 0.3) is 0 Å². The van der Waals surface area contributed by atoms with E-state index in [2.05, 4.69) is 0 Å². The van der Waals surface area contributed by atoms with Crippen molar-refractivity contribution in [2.75, 3.05) is 19.8 Å². The minimum atomic E-state index is -3.86. The van der Waals surface area contributed by atoms with Gasteiger partial charge in [0.1, 0.15) is 0 Å². The molecule has 1 aromatic rings. The molecule has 0 saturated carbocycles. The molecular weight excluding hydrogens is 365 g/mol. The quantitative estimate of drug-likeness (QED) is 0.719. The number of hydrogen-bond donors (Lipinski definition) is 1. The molecule has 0 unspecified atom stereocenters. The zero-order chi connectivity index (χ0) is 19.3. The van der Waals surface area contributed by atoms with E-state index in [1.54, 1.807) is 13.8 Å². The minimum absolute atomic E-state index is 0.0350. The van der Waals surface area contributed by atoms with Gasteiger partial charge >= 0.3 is 5.97 Å². The number of carboxylic acids is 1. The molecule has 1 fully saturated rings. The summed E-state index contributed by atoms with van der Waals surface area (Å²) in [5.74, 6) is -1.86. The van der Waals surface area contributed by atoms with Gasteiger partial charge in [-0.15, -0.1) is 0 Å². The predicted molar refractivity (Wildman–Crippen MR) is 92.1 cm³/mol. The van der Waals surface area contributed by atoms with Crippen LogP contribution in [0.5, 0.6) is 5.75 Å². The molecule has 146 valence electrons. The Morgan fingerprint density at radius 2 is 2.15 bits per heavy atom. The van der Waals surface area contributed by atoms with Crippen LogP contribution in [0.2, 0.25) is 0 Å². The van der Waals surface area contributed by atoms with Gasteiger partial charge in [-0.05, 0) is 44.9 Å². The maximum Gasteiger partial charge on any atom is 0.303 e. The van der Waals surface area contributed by atoms with Crippen molar-refractivity contribution in [3.05, 3.63) is 24.0 Å². The van der Waals surface area contributed by atoms with E-state index < -0.39 is 21.8 Å². The van der Waals surface area contributed by atoms with Gasteiger partial charge in [-0.2, -0.15) is 4.31 Å². The average molecular weight is 389 g/mol. The van der Waals surface area contributed by atoms with E-state index >= 15 is 0 Å². The summed E-state index contributed by atoms with van der Waals surface area (Å²) in [6.45, 7) is 4.32. The van der Waals surface area contributed by atoms with E-state index in [1.165, 1.54) is 16.4 Å². The van der Waals surface area contributed by atoms with Crippen LogP contribution in [0.4, 0.5) is 4.39 Å². The summed E-state index contributed by atoms with van der Waals surface area (Å²) in [4.78, 5) is 10.3. The largest absolute Gasteiger partial charge is 0.491 e. The summed E-state index contributed by atoms with van der Waals surface area (Å²) in [6.07, 6.45) is 0.479. The van der Waals surface area contributed by atoms with Crippen LogP contribution in [-0.2, 0) is 19.6 Å². The Labute approximate surface area is 152 Å². The van der Waals surface area contributed by atoms with Gasteiger partial charge in [0, 0.05) is 25.6 Å². The average Bonchev–Trinajstić information content (AvgIpc) is 2.73. The second kappa shape index (κ2) is 8.79. The SMILES string of the molecule is C[C@@H]1CN(S(=O)(=O)c2ccc(OCCCC(=O)O)c(F)c2)[C@H](C)CCO1. The van der Waals surface area contributed by atoms with Crippen molar-refractivity contribution in [1.82, 2.24) is 4.31 Å². The van der Waals surface area contributed by atoms with Crippen LogP contribution in [0.25, 0.3) is 0 Å². The molecule has 0 bridgehead atoms. The molecule has 0 aliphatic carbocycles. The molecular formula is C17H24FNO6S. The molecule has 1 saturated heterocycles. The first-order chi connectivity index (χ1) is 12.2. The molecule has 1 aliphatic rings. The zero-order valence-electron chi connectivity index (χ0n) is 14.9. The summed E-state index contributed by atoms with van der Waals surface area (Å²) >= 11 is 0. The highest BCUT2D eigenvalue weighted by atomic mass is 32.2. The number of hydrogen-bond acceptors (Lipinski definition) is 5. The summed E-state index contributed by atoms with van der Waals surface area (Å²) in [5, 5.41) is 8.57. The first-order valence-electron chi connectivity index (χ1n) is 8.49. The third-order valence-corrected chi connectivity index (χ3v) is 6.15. The van der Waals surface area contributed by atoms with Crippen molar-refractivity contribution in [2.24, 2.45) is 0 Å². The number of ether oxygens (including phenoxy) is 2. The second-order valence-electron chi connectivity index (χ2n) is 6.33. The van der Waals surface area contributed by atoms with E-state index in [9.17, 15) is 17.6 Å². The Kier molecular flexibility index (Phi) is 6.96. The Morgan fingerprint density at radius 3 is 2.81 bits per heavy atom. The monoisotopic (exact) mass is 389 g/mol. The molecule has 1 aromatic carbocycles. The fraction of sp³-hybridized carbons (Fsp3) is 0.588. The first-order valence-corrected chi connectivity index (χ1v) is 9.93. The summed E-state index contributed by atoms with van der Waals surface area (Å²) in [5.41, 5.74) is 0. The lowest BCUT2D eigenvalue weighted by atomic mass is 10.2. The van der Waals surface area contributed by atoms with Crippen LogP contribution >= 0.6 is 0 Å². The van der Waals surface area contributed by atoms with E-state index in [0.717, 1.165) is 6.07 Å². The van der Waals surface area contributed by atoms with Gasteiger partial charge in [-0.1, -0.05) is 0 Å². The fourth-order valence-corrected chi connectivity index (χ4v) is 4.45. The highest BCUT2D eigenvalue weighted by Crippen LogP contribution is 2.26. The van der Waals surface area contributed by atoms with E-state index in [-0.39, 0.29) is 48.8 Å². The lowest BCUT2D eigenvalue weighted by molar-refractivity contribution is -0.137. The molecule has 7 nitrogen and oxygen atoms in total. The summed E-state index contributed by atoms with van der Waals surface area (Å²) < 4.78 is 52.1. The Hall–Kier alpha value is -1.71. The van der Waals surface area contributed by atoms with Crippen molar-refractivity contribution in [1.29, 1.82) is 0 Å². The number of carboxylic acid groups (broad SMARTS) is 1. The van der Waals surface area contributed by atoms with Crippen LogP contribution < -0.4 is 4.74 Å². The number of benzene rings is 1. The lowest BCUT2D eigenvalue weighted by Crippen LogP contribution is -2.41. The molecule has 2 atom stereocenters. The van der Waals surface area contributed by atoms with Gasteiger partial charge in [0.15, 0.2) is 11.6 Å². The highest BCUT2D eigenvalue weighted by Gasteiger charge is 2.33. The maximum absolute atomic E-state index is 14.2. The molecule has 26 heavy (non-hydrogen) atoms. The van der Waals surface area contributed by atoms with Gasteiger partial charge < -0.3 is 14.6 Å². The Bertz CT molecular complexity index is 739. The topological polar surface area (TPSA) is 93.1 Å². The number of nitrogens with zero attached hydrogens (tertiary/aromatic N) is 1. The molecule has 0 radical (unpaired) electrons. The Morgan fingerprint density at radius 1 is 1.42 bits per heavy atom. The van der Waals surface area contributed by atoms with Crippen LogP contribution in [0, 0.1) is 5.82 Å². The molecule has 1 heterocycles. The molecule has 0 aromatic heterocycles. The van der Waals surface area contributed by atoms with Gasteiger partial charge in [-0.3, -0.25) is 4.79 Å². The summed E-state index contributed by atoms with van der Waals surface area (Å²) in [7, 11) is -3.86. The summed E-state index contributed by atoms with van der Waals surface area (Å²) in [6, 6.07) is 3.24. The molecule has 2 rings (SSSR count). The van der Waals surface area contributed by atoms with Crippen LogP contribution in [0.15, 0.2) is 23.1 Å². The van der Waals surface area contributed by atoms with Crippen molar-refractivity contribution in [3.63, 3.8) is 0 Å². The minimum Gasteiger partial charge on any atom is -0.491 e. The molecule has 1 N–H and O–H groups in total. The number of carbonyl (C=O) groups is 1. The highest BCUT2D eigenvalue weighted by molar-refractivity contribution is 7.89. The van der Waals surface area contributed by atoms with Gasteiger partial charge in [-0.25, -0.2) is 12.8 Å². The molecule has 9 heteroatoms. The van der Waals surface area contributed by atoms with E-state index in [4.69, 9.17) is 14.6 Å². The second-order valence-corrected chi connectivity index (χ2v) is 8.22. The fourth-order valence-electron chi connectivity index (χ4n) is 2.70.